The number of aryl methyl sites for hydroxylation is 1. The molecule has 2 aromatic carbocycles. The molecule has 0 saturated heterocycles. The summed E-state index contributed by atoms with van der Waals surface area (Å²) >= 11 is 0. The number of hydrazone groups is 1. The molecular formula is C18H18N6O. The second-order valence-electron chi connectivity index (χ2n) is 5.14. The van der Waals surface area contributed by atoms with E-state index >= 15 is 0 Å². The van der Waals surface area contributed by atoms with Crippen LogP contribution in [0.15, 0.2) is 53.6 Å². The van der Waals surface area contributed by atoms with E-state index in [0.717, 1.165) is 17.7 Å². The van der Waals surface area contributed by atoms with Crippen LogP contribution >= 0.6 is 0 Å². The van der Waals surface area contributed by atoms with E-state index in [9.17, 15) is 4.79 Å². The average Bonchev–Trinajstić information content (AvgIpc) is 2.63. The molecule has 0 aromatic heterocycles. The number of nitriles is 1. The Kier molecular flexibility index (Phi) is 5.85. The van der Waals surface area contributed by atoms with Crippen molar-refractivity contribution in [3.05, 3.63) is 59.7 Å². The van der Waals surface area contributed by atoms with Crippen LogP contribution in [0.25, 0.3) is 0 Å². The van der Waals surface area contributed by atoms with E-state index in [4.69, 9.17) is 16.4 Å². The Morgan fingerprint density at radius 2 is 1.92 bits per heavy atom. The van der Waals surface area contributed by atoms with Crippen LogP contribution in [-0.2, 0) is 6.42 Å². The number of hydrogen-bond acceptors (Lipinski definition) is 5. The molecule has 1 amide bonds. The lowest BCUT2D eigenvalue weighted by Crippen LogP contribution is -2.21. The van der Waals surface area contributed by atoms with Gasteiger partial charge in [0.05, 0.1) is 5.69 Å². The Morgan fingerprint density at radius 3 is 2.52 bits per heavy atom. The third-order valence-electron chi connectivity index (χ3n) is 3.45. The second kappa shape index (κ2) is 8.26. The molecule has 0 fully saturated rings. The van der Waals surface area contributed by atoms with Gasteiger partial charge in [-0.25, -0.2) is 0 Å². The highest BCUT2D eigenvalue weighted by Crippen LogP contribution is 2.17. The fourth-order valence-electron chi connectivity index (χ4n) is 2.11. The molecular weight excluding hydrogens is 316 g/mol. The molecule has 0 radical (unpaired) electrons. The Balaban J connectivity index is 2.08. The van der Waals surface area contributed by atoms with E-state index in [1.165, 1.54) is 0 Å². The molecule has 0 aliphatic heterocycles. The lowest BCUT2D eigenvalue weighted by Gasteiger charge is -2.10. The molecule has 7 nitrogen and oxygen atoms in total. The van der Waals surface area contributed by atoms with Gasteiger partial charge in [0.2, 0.25) is 5.71 Å². The van der Waals surface area contributed by atoms with Crippen molar-refractivity contribution in [1.29, 1.82) is 10.7 Å². The lowest BCUT2D eigenvalue weighted by molar-refractivity contribution is 0.102. The summed E-state index contributed by atoms with van der Waals surface area (Å²) < 4.78 is 0. The van der Waals surface area contributed by atoms with Crippen LogP contribution in [-0.4, -0.2) is 17.5 Å². The van der Waals surface area contributed by atoms with Gasteiger partial charge in [0.15, 0.2) is 5.84 Å². The van der Waals surface area contributed by atoms with Gasteiger partial charge in [-0.1, -0.05) is 25.1 Å². The van der Waals surface area contributed by atoms with E-state index in [1.807, 2.05) is 31.2 Å². The van der Waals surface area contributed by atoms with Gasteiger partial charge in [-0.2, -0.15) is 10.4 Å². The number of benzene rings is 2. The molecule has 25 heavy (non-hydrogen) atoms. The highest BCUT2D eigenvalue weighted by molar-refractivity contribution is 6.45. The summed E-state index contributed by atoms with van der Waals surface area (Å²) in [4.78, 5) is 12.3. The fraction of sp³-hybridized carbons (Fsp3) is 0.111. The molecule has 2 aromatic rings. The molecule has 0 unspecified atom stereocenters. The number of para-hydroxylation sites is 1. The Morgan fingerprint density at radius 1 is 1.24 bits per heavy atom. The van der Waals surface area contributed by atoms with E-state index in [-0.39, 0.29) is 11.6 Å². The maximum Gasteiger partial charge on any atom is 0.255 e. The number of carbonyl (C=O) groups excluding carboxylic acids is 1. The zero-order valence-corrected chi connectivity index (χ0v) is 13.7. The molecule has 126 valence electrons. The highest BCUT2D eigenvalue weighted by Gasteiger charge is 2.08. The number of nitrogens with one attached hydrogen (secondary N) is 3. The average molecular weight is 334 g/mol. The lowest BCUT2D eigenvalue weighted by atomic mass is 10.1. The minimum Gasteiger partial charge on any atom is -0.382 e. The van der Waals surface area contributed by atoms with Gasteiger partial charge in [-0.05, 0) is 42.3 Å². The fourth-order valence-corrected chi connectivity index (χ4v) is 2.11. The maximum absolute atomic E-state index is 12.3. The van der Waals surface area contributed by atoms with E-state index in [2.05, 4.69) is 15.8 Å². The molecule has 0 spiro atoms. The number of amides is 1. The SMILES string of the molecule is CCc1ccccc1NC(=O)c1ccc(N/N=C(\C#N)C(=N)N)cc1. The molecule has 7 heteroatoms. The first kappa shape index (κ1) is 17.7. The van der Waals surface area contributed by atoms with Crippen molar-refractivity contribution >= 4 is 28.8 Å². The first-order valence-corrected chi connectivity index (χ1v) is 7.62. The van der Waals surface area contributed by atoms with Crippen LogP contribution in [0.1, 0.15) is 22.8 Å². The number of rotatable bonds is 6. The summed E-state index contributed by atoms with van der Waals surface area (Å²) in [5, 5.41) is 22.6. The topological polar surface area (TPSA) is 127 Å². The minimum atomic E-state index is -0.416. The van der Waals surface area contributed by atoms with E-state index < -0.39 is 5.84 Å². The van der Waals surface area contributed by atoms with Crippen molar-refractivity contribution < 1.29 is 4.79 Å². The third-order valence-corrected chi connectivity index (χ3v) is 3.45. The van der Waals surface area contributed by atoms with Gasteiger partial charge in [0.1, 0.15) is 6.07 Å². The monoisotopic (exact) mass is 334 g/mol. The summed E-state index contributed by atoms with van der Waals surface area (Å²) in [6.07, 6.45) is 0.828. The van der Waals surface area contributed by atoms with Gasteiger partial charge in [0.25, 0.3) is 5.91 Å². The van der Waals surface area contributed by atoms with Gasteiger partial charge in [0, 0.05) is 11.3 Å². The standard InChI is InChI=1S/C18H18N6O/c1-2-12-5-3-4-6-15(12)22-18(25)13-7-9-14(10-8-13)23-24-16(11-19)17(20)21/h3-10,23H,2H2,1H3,(H3,20,21)(H,22,25)/b24-16+. The largest absolute Gasteiger partial charge is 0.382 e. The maximum atomic E-state index is 12.3. The van der Waals surface area contributed by atoms with Crippen LogP contribution in [0.5, 0.6) is 0 Å². The van der Waals surface area contributed by atoms with E-state index in [1.54, 1.807) is 30.3 Å². The summed E-state index contributed by atoms with van der Waals surface area (Å²) in [5.41, 5.74) is 10.5. The number of nitrogens with zero attached hydrogens (tertiary/aromatic N) is 2. The molecule has 2 rings (SSSR count). The van der Waals surface area contributed by atoms with Crippen molar-refractivity contribution in [2.24, 2.45) is 10.8 Å². The zero-order chi connectivity index (χ0) is 18.2. The van der Waals surface area contributed by atoms with Crippen LogP contribution in [0.3, 0.4) is 0 Å². The van der Waals surface area contributed by atoms with Crippen molar-refractivity contribution in [3.8, 4) is 6.07 Å². The molecule has 0 aliphatic rings. The normalized spacial score (nSPS) is 10.6. The Labute approximate surface area is 145 Å². The molecule has 5 N–H and O–H groups in total. The summed E-state index contributed by atoms with van der Waals surface area (Å²) in [7, 11) is 0. The van der Waals surface area contributed by atoms with Crippen LogP contribution in [0.2, 0.25) is 0 Å². The first-order valence-electron chi connectivity index (χ1n) is 7.62. The second-order valence-corrected chi connectivity index (χ2v) is 5.14. The third kappa shape index (κ3) is 4.65. The zero-order valence-electron chi connectivity index (χ0n) is 13.7. The molecule has 0 aliphatic carbocycles. The number of nitrogens with two attached hydrogens (primary N) is 1. The molecule has 0 bridgehead atoms. The van der Waals surface area contributed by atoms with Crippen LogP contribution in [0, 0.1) is 16.7 Å². The van der Waals surface area contributed by atoms with Crippen molar-refractivity contribution in [2.75, 3.05) is 10.7 Å². The number of anilines is 2. The highest BCUT2D eigenvalue weighted by atomic mass is 16.1. The summed E-state index contributed by atoms with van der Waals surface area (Å²) in [6.45, 7) is 2.03. The Bertz CT molecular complexity index is 849. The van der Waals surface area contributed by atoms with Crippen molar-refractivity contribution in [3.63, 3.8) is 0 Å². The van der Waals surface area contributed by atoms with Crippen LogP contribution in [0.4, 0.5) is 11.4 Å². The first-order chi connectivity index (χ1) is 12.0. The number of amidine groups is 1. The smallest absolute Gasteiger partial charge is 0.255 e. The van der Waals surface area contributed by atoms with Crippen LogP contribution < -0.4 is 16.5 Å². The minimum absolute atomic E-state index is 0.210. The molecule has 0 saturated carbocycles. The summed E-state index contributed by atoms with van der Waals surface area (Å²) in [5.74, 6) is -0.627. The number of hydrogen-bond donors (Lipinski definition) is 4. The number of carbonyl (C=O) groups is 1. The quantitative estimate of drug-likeness (QED) is 0.368. The van der Waals surface area contributed by atoms with Gasteiger partial charge < -0.3 is 11.1 Å². The van der Waals surface area contributed by atoms with Crippen molar-refractivity contribution in [2.45, 2.75) is 13.3 Å². The molecule has 0 atom stereocenters. The van der Waals surface area contributed by atoms with E-state index in [0.29, 0.717) is 11.3 Å². The summed E-state index contributed by atoms with van der Waals surface area (Å²) in [6, 6.07) is 16.0. The predicted octanol–water partition coefficient (Wildman–Crippen LogP) is 2.73. The molecule has 0 heterocycles. The van der Waals surface area contributed by atoms with Gasteiger partial charge in [-0.3, -0.25) is 15.6 Å². The van der Waals surface area contributed by atoms with Crippen molar-refractivity contribution in [1.82, 2.24) is 0 Å². The predicted molar refractivity (Wildman–Crippen MR) is 98.8 cm³/mol. The van der Waals surface area contributed by atoms with Gasteiger partial charge in [-0.15, -0.1) is 0 Å². The Hall–Kier alpha value is -3.66. The van der Waals surface area contributed by atoms with Gasteiger partial charge >= 0.3 is 0 Å².